The summed E-state index contributed by atoms with van der Waals surface area (Å²) >= 11 is 0. The molecular weight excluding hydrogens is 1040 g/mol. The number of aromatic hydroxyl groups is 1. The van der Waals surface area contributed by atoms with Gasteiger partial charge < -0.3 is 25.1 Å². The molecule has 0 bridgehead atoms. The molecule has 4 N–H and O–H groups in total. The Balaban J connectivity index is 0.804. The predicted molar refractivity (Wildman–Crippen MR) is 312 cm³/mol. The second kappa shape index (κ2) is 26.7. The monoisotopic (exact) mass is 1130 g/mol. The summed E-state index contributed by atoms with van der Waals surface area (Å²) in [6.07, 6.45) is 20.1. The molecule has 12 nitrogen and oxygen atoms in total. The van der Waals surface area contributed by atoms with Gasteiger partial charge in [0.2, 0.25) is 11.3 Å². The Hall–Kier alpha value is -6.05. The largest absolute Gasteiger partial charge is 0.505 e. The number of Topliss-reactive ketones (excluding diaryl/α,β-unsaturated/α-hetero) is 3. The highest BCUT2D eigenvalue weighted by molar-refractivity contribution is 6.04. The van der Waals surface area contributed by atoms with Crippen molar-refractivity contribution in [2.45, 2.75) is 202 Å². The number of hydrogen-bond acceptors (Lipinski definition) is 9. The number of aryl methyl sites for hydroxylation is 1. The smallest absolute Gasteiger partial charge is 0.303 e. The van der Waals surface area contributed by atoms with Crippen molar-refractivity contribution >= 4 is 46.2 Å². The molecule has 0 spiro atoms. The maximum absolute atomic E-state index is 14.8. The first-order chi connectivity index (χ1) is 39.0. The van der Waals surface area contributed by atoms with E-state index in [2.05, 4.69) is 46.0 Å². The topological polar surface area (TPSA) is 205 Å². The van der Waals surface area contributed by atoms with Crippen LogP contribution in [0.4, 0.5) is 8.78 Å². The van der Waals surface area contributed by atoms with Crippen LogP contribution >= 0.6 is 0 Å². The molecule has 2 aromatic carbocycles. The van der Waals surface area contributed by atoms with E-state index in [1.807, 2.05) is 0 Å². The van der Waals surface area contributed by atoms with Crippen molar-refractivity contribution in [3.05, 3.63) is 87.1 Å². The van der Waals surface area contributed by atoms with E-state index in [0.29, 0.717) is 34.3 Å². The number of unbranched alkanes of at least 4 members (excludes halogenated alkanes) is 2. The Bertz CT molecular complexity index is 3090. The predicted octanol–water partition coefficient (Wildman–Crippen LogP) is 15.2. The molecule has 5 unspecified atom stereocenters. The summed E-state index contributed by atoms with van der Waals surface area (Å²) in [6.45, 7) is 14.2. The van der Waals surface area contributed by atoms with E-state index in [-0.39, 0.29) is 71.3 Å². The fourth-order valence-corrected chi connectivity index (χ4v) is 15.8. The number of allylic oxidation sites excluding steroid dienone is 2. The van der Waals surface area contributed by atoms with E-state index in [9.17, 15) is 57.7 Å². The molecule has 6 aliphatic rings. The minimum absolute atomic E-state index is 0.000392. The van der Waals surface area contributed by atoms with Crippen LogP contribution in [0.2, 0.25) is 0 Å². The van der Waals surface area contributed by atoms with Crippen LogP contribution in [0, 0.1) is 76.7 Å². The first-order valence-corrected chi connectivity index (χ1v) is 30.7. The van der Waals surface area contributed by atoms with Gasteiger partial charge in [-0.1, -0.05) is 96.9 Å². The molecule has 1 heterocycles. The van der Waals surface area contributed by atoms with Crippen LogP contribution in [0.15, 0.2) is 63.3 Å². The number of phenols is 1. The number of carbonyl (C=O) groups is 6. The number of amides is 1. The Morgan fingerprint density at radius 1 is 0.756 bits per heavy atom. The van der Waals surface area contributed by atoms with Crippen LogP contribution in [0.25, 0.3) is 33.4 Å². The van der Waals surface area contributed by atoms with Crippen molar-refractivity contribution in [3.8, 4) is 28.2 Å². The molecule has 1 amide bonds. The third kappa shape index (κ3) is 14.1. The van der Waals surface area contributed by atoms with E-state index in [0.717, 1.165) is 79.0 Å². The molecular formula is C68H87F2NO11. The minimum Gasteiger partial charge on any atom is -0.505 e. The highest BCUT2D eigenvalue weighted by Gasteiger charge is 2.59. The van der Waals surface area contributed by atoms with Crippen LogP contribution in [-0.2, 0) is 24.0 Å². The Morgan fingerprint density at radius 3 is 2.23 bits per heavy atom. The van der Waals surface area contributed by atoms with E-state index < -0.39 is 83.4 Å². The average molecular weight is 1130 g/mol. The average Bonchev–Trinajstić information content (AvgIpc) is 3.34. The molecule has 2 aromatic rings. The fourth-order valence-electron chi connectivity index (χ4n) is 15.8. The van der Waals surface area contributed by atoms with Gasteiger partial charge in [-0.2, -0.15) is 0 Å². The number of rotatable bonds is 28. The van der Waals surface area contributed by atoms with Gasteiger partial charge in [0.1, 0.15) is 17.1 Å². The van der Waals surface area contributed by atoms with Crippen molar-refractivity contribution in [1.29, 1.82) is 0 Å². The molecule has 14 heteroatoms. The van der Waals surface area contributed by atoms with Crippen molar-refractivity contribution in [2.75, 3.05) is 0 Å². The number of hydrogen-bond donors (Lipinski definition) is 4. The lowest BCUT2D eigenvalue weighted by molar-refractivity contribution is -0.139. The number of halogens is 2. The van der Waals surface area contributed by atoms with Gasteiger partial charge in [-0.25, -0.2) is 8.78 Å². The summed E-state index contributed by atoms with van der Waals surface area (Å²) in [5.74, 6) is -2.59. The number of benzene rings is 3. The molecule has 3 fully saturated rings. The van der Waals surface area contributed by atoms with Crippen LogP contribution < -0.4 is 10.7 Å². The van der Waals surface area contributed by atoms with E-state index >= 15 is 0 Å². The SMILES string of the molecule is Cc1cc(C(=O)C[C@@H](CCC(=O)O)C(=O)N[C@@H](CCC(=O)O)C(=O)CCCC(=O)CCCCC[C@H]2CCC3(C)C(=CC[C@@H]4C3CCC3(C)C4CCC3[C@H](C)CCCC(C)C)C2)ccc1-c1c2cc(F)c(=O)cc-2oc2cc(O)c(F)cc12. The number of aliphatic carboxylic acids is 2. The summed E-state index contributed by atoms with van der Waals surface area (Å²) in [5, 5.41) is 31.9. The highest BCUT2D eigenvalue weighted by atomic mass is 19.1. The second-order valence-corrected chi connectivity index (χ2v) is 26.2. The van der Waals surface area contributed by atoms with Crippen LogP contribution in [0.1, 0.15) is 205 Å². The summed E-state index contributed by atoms with van der Waals surface area (Å²) in [4.78, 5) is 90.1. The zero-order valence-electron chi connectivity index (χ0n) is 49.1. The quantitative estimate of drug-likeness (QED) is 0.0182. The molecule has 82 heavy (non-hydrogen) atoms. The molecule has 444 valence electrons. The summed E-state index contributed by atoms with van der Waals surface area (Å²) in [6, 6.07) is 7.17. The summed E-state index contributed by atoms with van der Waals surface area (Å²) in [5.41, 5.74) is 2.94. The normalized spacial score (nSPS) is 24.3. The van der Waals surface area contributed by atoms with E-state index in [1.165, 1.54) is 95.2 Å². The second-order valence-electron chi connectivity index (χ2n) is 26.2. The Kier molecular flexibility index (Phi) is 20.2. The lowest BCUT2D eigenvalue weighted by Crippen LogP contribution is -2.50. The van der Waals surface area contributed by atoms with Gasteiger partial charge in [0.25, 0.3) is 0 Å². The number of carbonyl (C=O) groups excluding carboxylic acids is 4. The van der Waals surface area contributed by atoms with Crippen LogP contribution in [-0.4, -0.2) is 56.6 Å². The van der Waals surface area contributed by atoms with Gasteiger partial charge >= 0.3 is 11.9 Å². The maximum atomic E-state index is 14.8. The number of carboxylic acid groups (broad SMARTS) is 2. The molecule has 0 aromatic heterocycles. The maximum Gasteiger partial charge on any atom is 0.303 e. The molecule has 0 saturated heterocycles. The zero-order chi connectivity index (χ0) is 59.2. The third-order valence-electron chi connectivity index (χ3n) is 20.4. The first kappa shape index (κ1) is 62.0. The van der Waals surface area contributed by atoms with Crippen LogP contribution in [0.3, 0.4) is 0 Å². The summed E-state index contributed by atoms with van der Waals surface area (Å²) < 4.78 is 35.3. The number of phenolic OH excluding ortho intramolecular Hbond substituents is 1. The molecule has 0 radical (unpaired) electrons. The van der Waals surface area contributed by atoms with Crippen molar-refractivity contribution in [2.24, 2.45) is 58.2 Å². The fraction of sp³-hybridized carbons (Fsp3) is 0.603. The van der Waals surface area contributed by atoms with E-state index in [4.69, 9.17) is 4.42 Å². The lowest BCUT2D eigenvalue weighted by atomic mass is 9.46. The lowest BCUT2D eigenvalue weighted by Gasteiger charge is -2.58. The van der Waals surface area contributed by atoms with Gasteiger partial charge in [-0.15, -0.1) is 0 Å². The van der Waals surface area contributed by atoms with Crippen LogP contribution in [0.5, 0.6) is 5.75 Å². The standard InChI is InChI=1S/C68H87F2NO11/c1-39(2)12-10-13-40(3)51-23-24-52-48-22-20-45-33-42(28-30-67(45,5)53(48)29-31-68(51,52)6)14-8-7-9-15-46(72)16-11-17-57(73)56(25-27-64(79)80)71-66(81)44(19-26-63(77)78)34-58(74)43-18-21-47(41(4)32-43)65-49-35-54(69)59(75)37-61(49)82-62-38-60(76)55(70)36-50(62)65/h18,20-21,32,35-40,42,44,48,51-53,56,75H,7-17,19,22-31,33-34H2,1-6H3,(H,71,81)(H,77,78)(H,79,80)/t40-,42+,44-,48+,51?,52?,53?,56+,67?,68?/m1/s1. The van der Waals surface area contributed by atoms with E-state index in [1.54, 1.807) is 12.5 Å². The molecule has 5 aliphatic carbocycles. The van der Waals surface area contributed by atoms with Crippen molar-refractivity contribution < 1.29 is 57.3 Å². The zero-order valence-corrected chi connectivity index (χ0v) is 49.1. The number of fused-ring (bicyclic) bond motifs is 7. The molecule has 10 atom stereocenters. The molecule has 3 saturated carbocycles. The van der Waals surface area contributed by atoms with Crippen molar-refractivity contribution in [3.63, 3.8) is 0 Å². The van der Waals surface area contributed by atoms with Crippen molar-refractivity contribution in [1.82, 2.24) is 5.32 Å². The Morgan fingerprint density at radius 2 is 1.50 bits per heavy atom. The number of nitrogens with one attached hydrogen (secondary N) is 1. The van der Waals surface area contributed by atoms with Gasteiger partial charge in [0.15, 0.2) is 29.0 Å². The van der Waals surface area contributed by atoms with Gasteiger partial charge in [0, 0.05) is 78.7 Å². The number of carboxylic acids is 2. The molecule has 1 aliphatic heterocycles. The van der Waals surface area contributed by atoms with Gasteiger partial charge in [-0.05, 0) is 166 Å². The van der Waals surface area contributed by atoms with Gasteiger partial charge in [-0.3, -0.25) is 33.6 Å². The highest BCUT2D eigenvalue weighted by Crippen LogP contribution is 2.68. The minimum atomic E-state index is -1.25. The summed E-state index contributed by atoms with van der Waals surface area (Å²) in [7, 11) is 0. The third-order valence-corrected chi connectivity index (χ3v) is 20.4. The molecule has 8 rings (SSSR count). The Labute approximate surface area is 482 Å². The first-order valence-electron chi connectivity index (χ1n) is 30.7. The van der Waals surface area contributed by atoms with Gasteiger partial charge in [0.05, 0.1) is 6.04 Å². The number of ketones is 3.